The Kier molecular flexibility index (Phi) is 3.74. The quantitative estimate of drug-likeness (QED) is 0.407. The molecule has 0 atom stereocenters. The zero-order chi connectivity index (χ0) is 14.8. The van der Waals surface area contributed by atoms with E-state index in [1.807, 2.05) is 36.6 Å². The van der Waals surface area contributed by atoms with Crippen molar-refractivity contribution in [3.05, 3.63) is 47.2 Å². The number of nitriles is 1. The minimum absolute atomic E-state index is 0.179. The van der Waals surface area contributed by atoms with Crippen molar-refractivity contribution in [3.8, 4) is 17.3 Å². The van der Waals surface area contributed by atoms with Gasteiger partial charge in [0, 0.05) is 17.1 Å². The Morgan fingerprint density at radius 1 is 1.24 bits per heavy atom. The molecule has 0 amide bonds. The molecule has 0 aliphatic rings. The van der Waals surface area contributed by atoms with Crippen LogP contribution >= 0.6 is 23.4 Å². The third-order valence-corrected chi connectivity index (χ3v) is 3.84. The molecule has 4 nitrogen and oxygen atoms in total. The van der Waals surface area contributed by atoms with Gasteiger partial charge >= 0.3 is 0 Å². The lowest BCUT2D eigenvalue weighted by atomic mass is 10.1. The molecule has 102 valence electrons. The third-order valence-electron chi connectivity index (χ3n) is 3.02. The molecule has 0 spiro atoms. The van der Waals surface area contributed by atoms with E-state index in [0.29, 0.717) is 10.9 Å². The first kappa shape index (κ1) is 13.8. The normalized spacial score (nSPS) is 10.5. The third kappa shape index (κ3) is 2.56. The Bertz CT molecular complexity index is 873. The fraction of sp³-hybridized carbons (Fsp3) is 0.0667. The van der Waals surface area contributed by atoms with Crippen LogP contribution in [-0.4, -0.2) is 21.2 Å². The van der Waals surface area contributed by atoms with Crippen molar-refractivity contribution in [3.63, 3.8) is 0 Å². The monoisotopic (exact) mass is 312 g/mol. The van der Waals surface area contributed by atoms with E-state index in [1.165, 1.54) is 11.8 Å². The molecule has 0 saturated heterocycles. The van der Waals surface area contributed by atoms with E-state index in [2.05, 4.69) is 21.0 Å². The Morgan fingerprint density at radius 3 is 2.86 bits per heavy atom. The molecule has 0 aliphatic heterocycles. The van der Waals surface area contributed by atoms with E-state index in [-0.39, 0.29) is 10.7 Å². The summed E-state index contributed by atoms with van der Waals surface area (Å²) in [6.45, 7) is 0. The van der Waals surface area contributed by atoms with Crippen molar-refractivity contribution in [1.29, 1.82) is 5.26 Å². The highest BCUT2D eigenvalue weighted by Crippen LogP contribution is 2.29. The van der Waals surface area contributed by atoms with Gasteiger partial charge in [0.1, 0.15) is 11.6 Å². The first-order chi connectivity index (χ1) is 10.2. The summed E-state index contributed by atoms with van der Waals surface area (Å²) in [6, 6.07) is 11.7. The van der Waals surface area contributed by atoms with Gasteiger partial charge < -0.3 is 0 Å². The number of thioether (sulfide) groups is 1. The van der Waals surface area contributed by atoms with Gasteiger partial charge in [0.05, 0.1) is 11.2 Å². The minimum Gasteiger partial charge on any atom is -0.256 e. The molecule has 21 heavy (non-hydrogen) atoms. The minimum atomic E-state index is 0.179. The molecule has 6 heteroatoms. The Balaban J connectivity index is 2.26. The second-order valence-corrected chi connectivity index (χ2v) is 5.38. The Morgan fingerprint density at radius 2 is 2.10 bits per heavy atom. The van der Waals surface area contributed by atoms with E-state index >= 15 is 0 Å². The van der Waals surface area contributed by atoms with Crippen LogP contribution in [0.15, 0.2) is 41.7 Å². The van der Waals surface area contributed by atoms with E-state index in [1.54, 1.807) is 6.20 Å². The predicted octanol–water partition coefficient (Wildman–Crippen LogP) is 3.94. The number of hydrogen-bond donors (Lipinski definition) is 0. The molecule has 0 N–H and O–H groups in total. The van der Waals surface area contributed by atoms with Crippen LogP contribution in [0.25, 0.3) is 22.2 Å². The average Bonchev–Trinajstić information content (AvgIpc) is 2.53. The first-order valence-electron chi connectivity index (χ1n) is 6.09. The van der Waals surface area contributed by atoms with Gasteiger partial charge in [-0.2, -0.15) is 5.26 Å². The van der Waals surface area contributed by atoms with Crippen molar-refractivity contribution >= 4 is 34.3 Å². The highest BCUT2D eigenvalue weighted by molar-refractivity contribution is 7.98. The van der Waals surface area contributed by atoms with Crippen LogP contribution < -0.4 is 0 Å². The second-order valence-electron chi connectivity index (χ2n) is 4.25. The van der Waals surface area contributed by atoms with Crippen LogP contribution in [0.2, 0.25) is 5.15 Å². The van der Waals surface area contributed by atoms with E-state index in [0.717, 1.165) is 16.5 Å². The summed E-state index contributed by atoms with van der Waals surface area (Å²) >= 11 is 7.47. The SMILES string of the molecule is CSc1nc(Cl)c(C#N)c(-c2ccc3ncccc3c2)n1. The van der Waals surface area contributed by atoms with Crippen molar-refractivity contribution in [2.45, 2.75) is 5.16 Å². The Labute approximate surface area is 130 Å². The molecule has 0 unspecified atom stereocenters. The van der Waals surface area contributed by atoms with Crippen LogP contribution in [0.5, 0.6) is 0 Å². The first-order valence-corrected chi connectivity index (χ1v) is 7.70. The number of pyridine rings is 1. The number of benzene rings is 1. The molecule has 0 bridgehead atoms. The van der Waals surface area contributed by atoms with Gasteiger partial charge in [-0.1, -0.05) is 35.5 Å². The van der Waals surface area contributed by atoms with E-state index in [9.17, 15) is 5.26 Å². The summed E-state index contributed by atoms with van der Waals surface area (Å²) in [7, 11) is 0. The van der Waals surface area contributed by atoms with Crippen molar-refractivity contribution in [2.75, 3.05) is 6.26 Å². The molecule has 0 fully saturated rings. The number of nitrogens with zero attached hydrogens (tertiary/aromatic N) is 4. The summed E-state index contributed by atoms with van der Waals surface area (Å²) in [5, 5.41) is 11.0. The maximum absolute atomic E-state index is 9.30. The number of aromatic nitrogens is 3. The molecule has 3 rings (SSSR count). The molecular weight excluding hydrogens is 304 g/mol. The summed E-state index contributed by atoms with van der Waals surface area (Å²) in [4.78, 5) is 12.8. The van der Waals surface area contributed by atoms with Crippen LogP contribution in [0, 0.1) is 11.3 Å². The summed E-state index contributed by atoms with van der Waals surface area (Å²) in [5.74, 6) is 0. The van der Waals surface area contributed by atoms with Crippen molar-refractivity contribution in [2.24, 2.45) is 0 Å². The number of halogens is 1. The summed E-state index contributed by atoms with van der Waals surface area (Å²) in [5.41, 5.74) is 2.56. The predicted molar refractivity (Wildman–Crippen MR) is 84.3 cm³/mol. The topological polar surface area (TPSA) is 62.5 Å². The molecule has 1 aromatic carbocycles. The van der Waals surface area contributed by atoms with E-state index in [4.69, 9.17) is 11.6 Å². The van der Waals surface area contributed by atoms with Crippen LogP contribution in [0.4, 0.5) is 0 Å². The lowest BCUT2D eigenvalue weighted by Gasteiger charge is -2.07. The lowest BCUT2D eigenvalue weighted by molar-refractivity contribution is 0.970. The molecular formula is C15H9ClN4S. The molecule has 2 aromatic heterocycles. The van der Waals surface area contributed by atoms with Gasteiger partial charge in [-0.25, -0.2) is 9.97 Å². The molecule has 0 radical (unpaired) electrons. The molecule has 3 aromatic rings. The average molecular weight is 313 g/mol. The van der Waals surface area contributed by atoms with Gasteiger partial charge in [-0.05, 0) is 24.5 Å². The van der Waals surface area contributed by atoms with Gasteiger partial charge in [0.25, 0.3) is 0 Å². The standard InChI is InChI=1S/C15H9ClN4S/c1-21-15-19-13(11(8-17)14(16)20-15)10-4-5-12-9(7-10)3-2-6-18-12/h2-7H,1H3. The number of hydrogen-bond acceptors (Lipinski definition) is 5. The number of rotatable bonds is 2. The smallest absolute Gasteiger partial charge is 0.189 e. The van der Waals surface area contributed by atoms with Crippen molar-refractivity contribution < 1.29 is 0 Å². The summed E-state index contributed by atoms with van der Waals surface area (Å²) < 4.78 is 0. The van der Waals surface area contributed by atoms with Gasteiger partial charge in [-0.15, -0.1) is 0 Å². The lowest BCUT2D eigenvalue weighted by Crippen LogP contribution is -1.96. The highest BCUT2D eigenvalue weighted by atomic mass is 35.5. The van der Waals surface area contributed by atoms with Crippen LogP contribution in [-0.2, 0) is 0 Å². The van der Waals surface area contributed by atoms with Gasteiger partial charge in [0.15, 0.2) is 10.3 Å². The largest absolute Gasteiger partial charge is 0.256 e. The van der Waals surface area contributed by atoms with E-state index < -0.39 is 0 Å². The Hall–Kier alpha value is -2.16. The molecule has 0 aliphatic carbocycles. The molecule has 0 saturated carbocycles. The maximum atomic E-state index is 9.30. The second kappa shape index (κ2) is 5.68. The van der Waals surface area contributed by atoms with Gasteiger partial charge in [-0.3, -0.25) is 4.98 Å². The fourth-order valence-corrected chi connectivity index (χ4v) is 2.66. The van der Waals surface area contributed by atoms with Crippen molar-refractivity contribution in [1.82, 2.24) is 15.0 Å². The van der Waals surface area contributed by atoms with Crippen LogP contribution in [0.1, 0.15) is 5.56 Å². The maximum Gasteiger partial charge on any atom is 0.189 e. The zero-order valence-corrected chi connectivity index (χ0v) is 12.6. The fourth-order valence-electron chi connectivity index (χ4n) is 2.04. The highest BCUT2D eigenvalue weighted by Gasteiger charge is 2.14. The van der Waals surface area contributed by atoms with Crippen LogP contribution in [0.3, 0.4) is 0 Å². The molecule has 2 heterocycles. The zero-order valence-electron chi connectivity index (χ0n) is 11.0. The summed E-state index contributed by atoms with van der Waals surface area (Å²) in [6.07, 6.45) is 3.61. The number of fused-ring (bicyclic) bond motifs is 1. The van der Waals surface area contributed by atoms with Gasteiger partial charge in [0.2, 0.25) is 0 Å².